The molecule has 188 valence electrons. The van der Waals surface area contributed by atoms with Crippen LogP contribution in [0.15, 0.2) is 6.20 Å². The van der Waals surface area contributed by atoms with Gasteiger partial charge in [-0.15, -0.1) is 11.3 Å². The van der Waals surface area contributed by atoms with Crippen LogP contribution in [0, 0.1) is 5.82 Å². The molecule has 4 rings (SSSR count). The summed E-state index contributed by atoms with van der Waals surface area (Å²) >= 11 is 0.738. The molecule has 2 aliphatic rings. The first-order valence-corrected chi connectivity index (χ1v) is 13.2. The summed E-state index contributed by atoms with van der Waals surface area (Å²) in [6.07, 6.45) is -1.94. The third-order valence-electron chi connectivity index (χ3n) is 5.81. The first kappa shape index (κ1) is 25.2. The van der Waals surface area contributed by atoms with Crippen molar-refractivity contribution in [2.24, 2.45) is 0 Å². The highest BCUT2D eigenvalue weighted by atomic mass is 32.2. The SMILES string of the molecule is CN1CCOCC1c1nc(C(F)(F)F)c(-c2nc(NC3CCN(S(C)(=O)=O)CC3)ncc2F)s1. The number of anilines is 1. The Bertz CT molecular complexity index is 1140. The van der Waals surface area contributed by atoms with E-state index in [1.54, 1.807) is 7.05 Å². The van der Waals surface area contributed by atoms with Crippen molar-refractivity contribution in [2.75, 3.05) is 51.5 Å². The lowest BCUT2D eigenvalue weighted by molar-refractivity contribution is -0.140. The van der Waals surface area contributed by atoms with Gasteiger partial charge < -0.3 is 10.1 Å². The maximum Gasteiger partial charge on any atom is 0.434 e. The van der Waals surface area contributed by atoms with Gasteiger partial charge in [-0.05, 0) is 19.9 Å². The van der Waals surface area contributed by atoms with Crippen molar-refractivity contribution >= 4 is 27.3 Å². The average Bonchev–Trinajstić information content (AvgIpc) is 3.21. The molecule has 1 unspecified atom stereocenters. The summed E-state index contributed by atoms with van der Waals surface area (Å²) in [5.41, 5.74) is -1.68. The molecule has 9 nitrogen and oxygen atoms in total. The van der Waals surface area contributed by atoms with Crippen molar-refractivity contribution in [1.82, 2.24) is 24.2 Å². The van der Waals surface area contributed by atoms with E-state index in [2.05, 4.69) is 20.3 Å². The summed E-state index contributed by atoms with van der Waals surface area (Å²) < 4.78 is 86.2. The van der Waals surface area contributed by atoms with Gasteiger partial charge >= 0.3 is 6.18 Å². The fourth-order valence-corrected chi connectivity index (χ4v) is 5.99. The van der Waals surface area contributed by atoms with Crippen LogP contribution in [0.2, 0.25) is 0 Å². The largest absolute Gasteiger partial charge is 0.434 e. The molecule has 0 saturated carbocycles. The Kier molecular flexibility index (Phi) is 7.11. The number of nitrogens with zero attached hydrogens (tertiary/aromatic N) is 5. The van der Waals surface area contributed by atoms with Crippen LogP contribution in [0.3, 0.4) is 0 Å². The van der Waals surface area contributed by atoms with E-state index in [0.29, 0.717) is 26.0 Å². The van der Waals surface area contributed by atoms with Gasteiger partial charge in [-0.25, -0.2) is 32.1 Å². The van der Waals surface area contributed by atoms with Crippen molar-refractivity contribution in [3.63, 3.8) is 0 Å². The molecular formula is C19H24F4N6O3S2. The second-order valence-corrected chi connectivity index (χ2v) is 11.3. The van der Waals surface area contributed by atoms with Crippen molar-refractivity contribution in [2.45, 2.75) is 31.1 Å². The Balaban J connectivity index is 1.61. The molecule has 0 spiro atoms. The predicted molar refractivity (Wildman–Crippen MR) is 117 cm³/mol. The van der Waals surface area contributed by atoms with Gasteiger partial charge in [-0.2, -0.15) is 13.2 Å². The Morgan fingerprint density at radius 2 is 1.91 bits per heavy atom. The van der Waals surface area contributed by atoms with Gasteiger partial charge in [0.05, 0.1) is 36.6 Å². The van der Waals surface area contributed by atoms with E-state index >= 15 is 0 Å². The smallest absolute Gasteiger partial charge is 0.378 e. The van der Waals surface area contributed by atoms with E-state index in [-0.39, 0.29) is 36.7 Å². The first-order valence-electron chi connectivity index (χ1n) is 10.5. The molecule has 2 aliphatic heterocycles. The molecule has 0 bridgehead atoms. The van der Waals surface area contributed by atoms with Gasteiger partial charge in [0.2, 0.25) is 16.0 Å². The molecule has 2 saturated heterocycles. The molecule has 1 N–H and O–H groups in total. The molecule has 34 heavy (non-hydrogen) atoms. The first-order chi connectivity index (χ1) is 15.9. The van der Waals surface area contributed by atoms with Crippen LogP contribution >= 0.6 is 11.3 Å². The summed E-state index contributed by atoms with van der Waals surface area (Å²) in [6.45, 7) is 1.77. The van der Waals surface area contributed by atoms with E-state index < -0.39 is 44.3 Å². The normalized spacial score (nSPS) is 21.6. The third-order valence-corrected chi connectivity index (χ3v) is 8.28. The van der Waals surface area contributed by atoms with Crippen LogP contribution in [-0.4, -0.2) is 84.8 Å². The van der Waals surface area contributed by atoms with Gasteiger partial charge in [-0.1, -0.05) is 0 Å². The highest BCUT2D eigenvalue weighted by Gasteiger charge is 2.41. The van der Waals surface area contributed by atoms with E-state index in [9.17, 15) is 26.0 Å². The second kappa shape index (κ2) is 9.60. The quantitative estimate of drug-likeness (QED) is 0.596. The van der Waals surface area contributed by atoms with Gasteiger partial charge in [0.1, 0.15) is 10.7 Å². The van der Waals surface area contributed by atoms with Crippen molar-refractivity contribution in [3.05, 3.63) is 22.7 Å². The standard InChI is InChI=1S/C19H24F4N6O3S2/c1-28-7-8-32-10-13(28)17-27-16(19(21,22)23)15(33-17)14-12(20)9-24-18(26-14)25-11-3-5-29(6-4-11)34(2,30)31/h9,11,13H,3-8,10H2,1-2H3,(H,24,25,26). The minimum atomic E-state index is -4.80. The number of thiazole rings is 1. The monoisotopic (exact) mass is 524 g/mol. The van der Waals surface area contributed by atoms with E-state index in [4.69, 9.17) is 4.74 Å². The van der Waals surface area contributed by atoms with Gasteiger partial charge in [0, 0.05) is 25.7 Å². The number of sulfonamides is 1. The topological polar surface area (TPSA) is 101 Å². The lowest BCUT2D eigenvalue weighted by Crippen LogP contribution is -2.42. The lowest BCUT2D eigenvalue weighted by atomic mass is 10.1. The number of nitrogens with one attached hydrogen (secondary N) is 1. The van der Waals surface area contributed by atoms with Crippen LogP contribution in [0.4, 0.5) is 23.5 Å². The van der Waals surface area contributed by atoms with Gasteiger partial charge in [0.15, 0.2) is 11.5 Å². The Morgan fingerprint density at radius 3 is 2.53 bits per heavy atom. The molecule has 0 aromatic carbocycles. The van der Waals surface area contributed by atoms with Crippen LogP contribution in [0.1, 0.15) is 29.6 Å². The van der Waals surface area contributed by atoms with Crippen LogP contribution in [0.25, 0.3) is 10.6 Å². The number of aromatic nitrogens is 3. The highest BCUT2D eigenvalue weighted by Crippen LogP contribution is 2.43. The zero-order chi connectivity index (χ0) is 24.7. The van der Waals surface area contributed by atoms with Crippen LogP contribution < -0.4 is 5.32 Å². The number of ether oxygens (including phenoxy) is 1. The minimum absolute atomic E-state index is 0.0320. The molecule has 2 aromatic rings. The Labute approximate surface area is 198 Å². The van der Waals surface area contributed by atoms with Crippen molar-refractivity contribution < 1.29 is 30.7 Å². The fourth-order valence-electron chi connectivity index (χ4n) is 3.89. The number of hydrogen-bond donors (Lipinski definition) is 1. The van der Waals surface area contributed by atoms with Gasteiger partial charge in [0.25, 0.3) is 0 Å². The van der Waals surface area contributed by atoms with Gasteiger partial charge in [-0.3, -0.25) is 4.90 Å². The Morgan fingerprint density at radius 1 is 1.21 bits per heavy atom. The second-order valence-electron chi connectivity index (χ2n) is 8.27. The minimum Gasteiger partial charge on any atom is -0.378 e. The average molecular weight is 525 g/mol. The number of piperidine rings is 1. The number of alkyl halides is 3. The molecule has 2 fully saturated rings. The molecule has 0 radical (unpaired) electrons. The molecule has 1 atom stereocenters. The molecule has 0 amide bonds. The van der Waals surface area contributed by atoms with E-state index in [1.807, 2.05) is 4.90 Å². The molecule has 2 aromatic heterocycles. The Hall–Kier alpha value is -1.94. The number of hydrogen-bond acceptors (Lipinski definition) is 9. The number of rotatable bonds is 5. The zero-order valence-electron chi connectivity index (χ0n) is 18.5. The lowest BCUT2D eigenvalue weighted by Gasteiger charge is -2.30. The third kappa shape index (κ3) is 5.48. The summed E-state index contributed by atoms with van der Waals surface area (Å²) in [6, 6.07) is -0.681. The molecule has 4 heterocycles. The van der Waals surface area contributed by atoms with E-state index in [0.717, 1.165) is 23.8 Å². The summed E-state index contributed by atoms with van der Waals surface area (Å²) in [4.78, 5) is 13.2. The van der Waals surface area contributed by atoms with Crippen LogP contribution in [0.5, 0.6) is 0 Å². The predicted octanol–water partition coefficient (Wildman–Crippen LogP) is 2.60. The fraction of sp³-hybridized carbons (Fsp3) is 0.632. The molecular weight excluding hydrogens is 500 g/mol. The highest BCUT2D eigenvalue weighted by molar-refractivity contribution is 7.88. The molecule has 0 aliphatic carbocycles. The zero-order valence-corrected chi connectivity index (χ0v) is 20.1. The number of morpholine rings is 1. The van der Waals surface area contributed by atoms with E-state index in [1.165, 1.54) is 4.31 Å². The summed E-state index contributed by atoms with van der Waals surface area (Å²) in [5, 5.41) is 3.16. The number of halogens is 4. The maximum atomic E-state index is 14.7. The van der Waals surface area contributed by atoms with Crippen molar-refractivity contribution in [3.8, 4) is 10.6 Å². The summed E-state index contributed by atoms with van der Waals surface area (Å²) in [5.74, 6) is -1.03. The summed E-state index contributed by atoms with van der Waals surface area (Å²) in [7, 11) is -1.53. The maximum absolute atomic E-state index is 14.7. The van der Waals surface area contributed by atoms with Crippen LogP contribution in [-0.2, 0) is 20.9 Å². The van der Waals surface area contributed by atoms with Crippen molar-refractivity contribution in [1.29, 1.82) is 0 Å². The molecule has 15 heteroatoms. The number of likely N-dealkylation sites (N-methyl/N-ethyl adjacent to an activating group) is 1.